The maximum Gasteiger partial charge on any atom is -0.00920 e. The second-order valence-electron chi connectivity index (χ2n) is 3.12. The predicted octanol–water partition coefficient (Wildman–Crippen LogP) is 2.82. The van der Waals surface area contributed by atoms with Crippen molar-refractivity contribution in [3.05, 3.63) is 41.8 Å². The fraction of sp³-hybridized carbons (Fsp3) is 0.364. The van der Waals surface area contributed by atoms with Crippen molar-refractivity contribution in [3.8, 4) is 0 Å². The molecule has 0 aromatic heterocycles. The second kappa shape index (κ2) is 2.69. The van der Waals surface area contributed by atoms with E-state index in [-0.39, 0.29) is 0 Å². The first kappa shape index (κ1) is 6.90. The normalized spacial score (nSPS) is 22.8. The molecule has 0 aliphatic heterocycles. The molecule has 56 valence electrons. The Bertz CT molecular complexity index is 250. The van der Waals surface area contributed by atoms with Gasteiger partial charge in [-0.3, -0.25) is 0 Å². The van der Waals surface area contributed by atoms with E-state index >= 15 is 0 Å². The van der Waals surface area contributed by atoms with Crippen molar-refractivity contribution >= 4 is 0 Å². The van der Waals surface area contributed by atoms with E-state index in [4.69, 9.17) is 0 Å². The molecular formula is C11H12. The smallest absolute Gasteiger partial charge is 0.00920 e. The fourth-order valence-corrected chi connectivity index (χ4v) is 1.72. The van der Waals surface area contributed by atoms with Gasteiger partial charge in [0.05, 0.1) is 0 Å². The standard InChI is InChI=1S/C11H12/c1-9-5-4-7-10-6-2-3-8-11(9)10/h2-3,6,8-9H,4,7H2,1H3. The molecule has 1 aromatic carbocycles. The molecule has 2 rings (SSSR count). The highest BCUT2D eigenvalue weighted by molar-refractivity contribution is 5.34. The van der Waals surface area contributed by atoms with Crippen LogP contribution in [-0.2, 0) is 6.42 Å². The molecule has 1 aliphatic rings. The Morgan fingerprint density at radius 3 is 3.00 bits per heavy atom. The molecule has 0 amide bonds. The van der Waals surface area contributed by atoms with E-state index in [1.807, 2.05) is 0 Å². The molecule has 0 fully saturated rings. The van der Waals surface area contributed by atoms with Crippen molar-refractivity contribution in [2.24, 2.45) is 0 Å². The summed E-state index contributed by atoms with van der Waals surface area (Å²) in [6.45, 7) is 2.22. The first-order chi connectivity index (χ1) is 5.38. The van der Waals surface area contributed by atoms with E-state index in [0.717, 1.165) is 6.42 Å². The quantitative estimate of drug-likeness (QED) is 0.525. The van der Waals surface area contributed by atoms with Gasteiger partial charge in [-0.25, -0.2) is 0 Å². The zero-order valence-corrected chi connectivity index (χ0v) is 6.80. The van der Waals surface area contributed by atoms with Crippen molar-refractivity contribution in [1.82, 2.24) is 0 Å². The first-order valence-electron chi connectivity index (χ1n) is 4.19. The highest BCUT2D eigenvalue weighted by atomic mass is 14.2. The largest absolute Gasteiger partial charge is 0.0620 e. The summed E-state index contributed by atoms with van der Waals surface area (Å²) in [5.41, 5.74) is 2.98. The summed E-state index contributed by atoms with van der Waals surface area (Å²) in [4.78, 5) is 0. The highest BCUT2D eigenvalue weighted by Crippen LogP contribution is 2.29. The lowest BCUT2D eigenvalue weighted by Crippen LogP contribution is -2.06. The average Bonchev–Trinajstić information content (AvgIpc) is 2.06. The van der Waals surface area contributed by atoms with Gasteiger partial charge in [-0.2, -0.15) is 0 Å². The molecular weight excluding hydrogens is 132 g/mol. The Morgan fingerprint density at radius 1 is 1.36 bits per heavy atom. The van der Waals surface area contributed by atoms with Crippen LogP contribution in [0.5, 0.6) is 0 Å². The molecule has 11 heavy (non-hydrogen) atoms. The van der Waals surface area contributed by atoms with Crippen LogP contribution in [0.4, 0.5) is 0 Å². The van der Waals surface area contributed by atoms with Crippen LogP contribution in [-0.4, -0.2) is 0 Å². The number of aryl methyl sites for hydroxylation is 1. The maximum atomic E-state index is 3.44. The Labute approximate surface area is 68.3 Å². The molecule has 1 unspecified atom stereocenters. The molecule has 0 heteroatoms. The van der Waals surface area contributed by atoms with Crippen LogP contribution >= 0.6 is 0 Å². The van der Waals surface area contributed by atoms with Crippen LogP contribution in [0.3, 0.4) is 0 Å². The molecule has 2 radical (unpaired) electrons. The van der Waals surface area contributed by atoms with Crippen LogP contribution in [0.25, 0.3) is 0 Å². The first-order valence-corrected chi connectivity index (χ1v) is 4.19. The third kappa shape index (κ3) is 1.18. The summed E-state index contributed by atoms with van der Waals surface area (Å²) in [6.07, 6.45) is 5.74. The minimum absolute atomic E-state index is 0.542. The molecule has 0 saturated heterocycles. The van der Waals surface area contributed by atoms with Crippen molar-refractivity contribution in [3.63, 3.8) is 0 Å². The summed E-state index contributed by atoms with van der Waals surface area (Å²) in [6, 6.07) is 8.68. The van der Waals surface area contributed by atoms with Gasteiger partial charge >= 0.3 is 0 Å². The molecule has 1 atom stereocenters. The summed E-state index contributed by atoms with van der Waals surface area (Å²) in [5.74, 6) is 0.542. The second-order valence-corrected chi connectivity index (χ2v) is 3.12. The van der Waals surface area contributed by atoms with E-state index in [9.17, 15) is 0 Å². The van der Waals surface area contributed by atoms with Crippen LogP contribution < -0.4 is 0 Å². The Balaban J connectivity index is 2.44. The zero-order valence-electron chi connectivity index (χ0n) is 6.80. The molecule has 0 nitrogen and oxygen atoms in total. The van der Waals surface area contributed by atoms with E-state index < -0.39 is 0 Å². The van der Waals surface area contributed by atoms with Crippen LogP contribution in [0.1, 0.15) is 30.4 Å². The van der Waals surface area contributed by atoms with Gasteiger partial charge in [0.2, 0.25) is 0 Å². The number of fused-ring (bicyclic) bond motifs is 1. The zero-order chi connectivity index (χ0) is 7.68. The highest BCUT2D eigenvalue weighted by Gasteiger charge is 2.14. The topological polar surface area (TPSA) is 0 Å². The molecule has 1 aromatic rings. The van der Waals surface area contributed by atoms with Gasteiger partial charge < -0.3 is 0 Å². The van der Waals surface area contributed by atoms with Gasteiger partial charge in [0.25, 0.3) is 0 Å². The lowest BCUT2D eigenvalue weighted by Gasteiger charge is -2.20. The summed E-state index contributed by atoms with van der Waals surface area (Å²) < 4.78 is 0. The van der Waals surface area contributed by atoms with E-state index in [1.54, 1.807) is 0 Å². The van der Waals surface area contributed by atoms with Gasteiger partial charge in [0.1, 0.15) is 0 Å². The minimum atomic E-state index is 0.542. The van der Waals surface area contributed by atoms with Crippen molar-refractivity contribution < 1.29 is 0 Å². The predicted molar refractivity (Wildman–Crippen MR) is 46.4 cm³/mol. The Hall–Kier alpha value is -0.780. The van der Waals surface area contributed by atoms with Crippen molar-refractivity contribution in [2.45, 2.75) is 25.7 Å². The van der Waals surface area contributed by atoms with Gasteiger partial charge in [0, 0.05) is 0 Å². The number of rotatable bonds is 0. The SMILES string of the molecule is CC1[C]CCc2ccccc21. The van der Waals surface area contributed by atoms with E-state index in [2.05, 4.69) is 37.6 Å². The van der Waals surface area contributed by atoms with E-state index in [0.29, 0.717) is 5.92 Å². The van der Waals surface area contributed by atoms with Crippen LogP contribution in [0, 0.1) is 6.42 Å². The van der Waals surface area contributed by atoms with Crippen molar-refractivity contribution in [2.75, 3.05) is 0 Å². The minimum Gasteiger partial charge on any atom is -0.0620 e. The molecule has 0 bridgehead atoms. The number of hydrogen-bond acceptors (Lipinski definition) is 0. The fourth-order valence-electron chi connectivity index (χ4n) is 1.72. The lowest BCUT2D eigenvalue weighted by molar-refractivity contribution is 0.729. The third-order valence-corrected chi connectivity index (χ3v) is 2.37. The summed E-state index contributed by atoms with van der Waals surface area (Å²) >= 11 is 0. The molecule has 0 spiro atoms. The van der Waals surface area contributed by atoms with Crippen LogP contribution in [0.2, 0.25) is 0 Å². The monoisotopic (exact) mass is 144 g/mol. The van der Waals surface area contributed by atoms with Gasteiger partial charge in [0.15, 0.2) is 0 Å². The van der Waals surface area contributed by atoms with Gasteiger partial charge in [-0.1, -0.05) is 31.2 Å². The molecule has 0 saturated carbocycles. The maximum absolute atomic E-state index is 3.44. The number of hydrogen-bond donors (Lipinski definition) is 0. The van der Waals surface area contributed by atoms with Gasteiger partial charge in [-0.05, 0) is 36.3 Å². The molecule has 1 aliphatic carbocycles. The number of benzene rings is 1. The van der Waals surface area contributed by atoms with Crippen molar-refractivity contribution in [1.29, 1.82) is 0 Å². The Morgan fingerprint density at radius 2 is 2.18 bits per heavy atom. The third-order valence-electron chi connectivity index (χ3n) is 2.37. The summed E-state index contributed by atoms with van der Waals surface area (Å²) in [7, 11) is 0. The van der Waals surface area contributed by atoms with Crippen LogP contribution in [0.15, 0.2) is 24.3 Å². The molecule has 0 heterocycles. The van der Waals surface area contributed by atoms with Gasteiger partial charge in [-0.15, -0.1) is 0 Å². The average molecular weight is 144 g/mol. The lowest BCUT2D eigenvalue weighted by atomic mass is 9.84. The Kier molecular flexibility index (Phi) is 1.69. The molecule has 0 N–H and O–H groups in total. The summed E-state index contributed by atoms with van der Waals surface area (Å²) in [5, 5.41) is 0. The van der Waals surface area contributed by atoms with E-state index in [1.165, 1.54) is 17.5 Å².